The van der Waals surface area contributed by atoms with Crippen molar-refractivity contribution in [1.82, 2.24) is 24.1 Å². The summed E-state index contributed by atoms with van der Waals surface area (Å²) in [5.41, 5.74) is 3.76. The van der Waals surface area contributed by atoms with Gasteiger partial charge in [0.1, 0.15) is 10.3 Å². The van der Waals surface area contributed by atoms with Crippen LogP contribution in [0.4, 0.5) is 0 Å². The predicted molar refractivity (Wildman–Crippen MR) is 120 cm³/mol. The van der Waals surface area contributed by atoms with Crippen molar-refractivity contribution in [1.29, 1.82) is 0 Å². The second-order valence-corrected chi connectivity index (χ2v) is 9.54. The summed E-state index contributed by atoms with van der Waals surface area (Å²) >= 11 is 3.29. The second kappa shape index (κ2) is 7.12. The number of para-hydroxylation sites is 1. The zero-order chi connectivity index (χ0) is 20.1. The summed E-state index contributed by atoms with van der Waals surface area (Å²) in [4.78, 5) is 17.9. The van der Waals surface area contributed by atoms with E-state index in [1.165, 1.54) is 0 Å². The summed E-state index contributed by atoms with van der Waals surface area (Å²) in [5.74, 6) is 1.45. The van der Waals surface area contributed by atoms with Gasteiger partial charge in [0.2, 0.25) is 11.2 Å². The van der Waals surface area contributed by atoms with E-state index in [-0.39, 0.29) is 5.43 Å². The Kier molecular flexibility index (Phi) is 4.57. The van der Waals surface area contributed by atoms with E-state index >= 15 is 0 Å². The number of aromatic nitrogens is 4. The molecule has 0 N–H and O–H groups in total. The highest BCUT2D eigenvalue weighted by atomic mass is 32.2. The van der Waals surface area contributed by atoms with Gasteiger partial charge in [-0.15, -0.1) is 21.5 Å². The standard InChI is InChI=1S/C21H21N5OS2/c1-13(2)12-28-21-23-22-20-25(14-7-5-4-6-8-14)17-18(27)15-9-10-24(3)11-16(15)29-19(17)26(20)21/h4-8H,1,9-12H2,2-3H3. The highest BCUT2D eigenvalue weighted by Crippen LogP contribution is 2.33. The summed E-state index contributed by atoms with van der Waals surface area (Å²) in [7, 11) is 2.10. The molecule has 0 atom stereocenters. The first-order valence-corrected chi connectivity index (χ1v) is 11.3. The van der Waals surface area contributed by atoms with E-state index in [0.29, 0.717) is 11.3 Å². The Morgan fingerprint density at radius 1 is 1.28 bits per heavy atom. The lowest BCUT2D eigenvalue weighted by atomic mass is 10.1. The van der Waals surface area contributed by atoms with Gasteiger partial charge >= 0.3 is 0 Å². The molecule has 0 amide bonds. The van der Waals surface area contributed by atoms with Gasteiger partial charge < -0.3 is 4.90 Å². The van der Waals surface area contributed by atoms with Crippen LogP contribution in [0, 0.1) is 0 Å². The molecule has 1 aliphatic heterocycles. The lowest BCUT2D eigenvalue weighted by Gasteiger charge is -2.23. The molecule has 0 bridgehead atoms. The van der Waals surface area contributed by atoms with Gasteiger partial charge in [-0.2, -0.15) is 0 Å². The number of likely N-dealkylation sites (N-methyl/N-ethyl adjacent to an activating group) is 1. The molecule has 4 aromatic rings. The van der Waals surface area contributed by atoms with Gasteiger partial charge in [0, 0.05) is 35.0 Å². The highest BCUT2D eigenvalue weighted by Gasteiger charge is 2.26. The predicted octanol–water partition coefficient (Wildman–Crippen LogP) is 3.75. The molecule has 0 unspecified atom stereocenters. The fourth-order valence-electron chi connectivity index (χ4n) is 3.74. The number of nitrogens with zero attached hydrogens (tertiary/aromatic N) is 5. The van der Waals surface area contributed by atoms with Gasteiger partial charge in [0.05, 0.1) is 0 Å². The lowest BCUT2D eigenvalue weighted by molar-refractivity contribution is 0.316. The van der Waals surface area contributed by atoms with Crippen LogP contribution in [0.1, 0.15) is 17.4 Å². The maximum absolute atomic E-state index is 13.6. The Labute approximate surface area is 176 Å². The normalized spacial score (nSPS) is 14.6. The number of hydrogen-bond donors (Lipinski definition) is 0. The van der Waals surface area contributed by atoms with E-state index in [1.807, 2.05) is 46.2 Å². The first kappa shape index (κ1) is 18.6. The number of fused-ring (bicyclic) bond motifs is 4. The third kappa shape index (κ3) is 3.02. The van der Waals surface area contributed by atoms with Gasteiger partial charge in [-0.1, -0.05) is 42.1 Å². The van der Waals surface area contributed by atoms with E-state index in [4.69, 9.17) is 0 Å². The molecular formula is C21H21N5OS2. The minimum atomic E-state index is 0.118. The van der Waals surface area contributed by atoms with Crippen molar-refractivity contribution < 1.29 is 0 Å². The third-order valence-electron chi connectivity index (χ3n) is 5.11. The molecule has 1 aromatic carbocycles. The molecule has 1 aliphatic rings. The molecule has 0 saturated heterocycles. The Balaban J connectivity index is 1.87. The average molecular weight is 424 g/mol. The van der Waals surface area contributed by atoms with Crippen LogP contribution in [0.15, 0.2) is 52.4 Å². The first-order chi connectivity index (χ1) is 14.0. The van der Waals surface area contributed by atoms with Crippen molar-refractivity contribution in [3.8, 4) is 5.69 Å². The number of hydrogen-bond acceptors (Lipinski definition) is 6. The molecule has 29 heavy (non-hydrogen) atoms. The van der Waals surface area contributed by atoms with Crippen molar-refractivity contribution in [3.63, 3.8) is 0 Å². The Hall–Kier alpha value is -2.42. The highest BCUT2D eigenvalue weighted by molar-refractivity contribution is 7.99. The molecule has 3 aromatic heterocycles. The van der Waals surface area contributed by atoms with E-state index in [2.05, 4.69) is 28.7 Å². The summed E-state index contributed by atoms with van der Waals surface area (Å²) in [6.07, 6.45) is 0.787. The lowest BCUT2D eigenvalue weighted by Crippen LogP contribution is -2.30. The fraction of sp³-hybridized carbons (Fsp3) is 0.286. The van der Waals surface area contributed by atoms with Crippen LogP contribution >= 0.6 is 23.1 Å². The van der Waals surface area contributed by atoms with Gasteiger partial charge in [0.15, 0.2) is 5.16 Å². The van der Waals surface area contributed by atoms with E-state index in [0.717, 1.165) is 57.0 Å². The van der Waals surface area contributed by atoms with Crippen LogP contribution in [0.3, 0.4) is 0 Å². The molecule has 4 heterocycles. The zero-order valence-corrected chi connectivity index (χ0v) is 18.0. The quantitative estimate of drug-likeness (QED) is 0.370. The Morgan fingerprint density at radius 2 is 2.07 bits per heavy atom. The number of rotatable bonds is 4. The summed E-state index contributed by atoms with van der Waals surface area (Å²) in [6.45, 7) is 7.71. The molecule has 0 spiro atoms. The van der Waals surface area contributed by atoms with Crippen LogP contribution in [0.25, 0.3) is 21.8 Å². The SMILES string of the molecule is C=C(C)CSc1nnc2n(-c3ccccc3)c3c(=O)c4c(sc3n12)CN(C)CC4. The van der Waals surface area contributed by atoms with Crippen LogP contribution in [-0.4, -0.2) is 43.4 Å². The summed E-state index contributed by atoms with van der Waals surface area (Å²) in [6, 6.07) is 9.94. The molecule has 0 fully saturated rings. The average Bonchev–Trinajstić information content (AvgIpc) is 3.25. The number of thioether (sulfide) groups is 1. The van der Waals surface area contributed by atoms with Crippen molar-refractivity contribution >= 4 is 39.2 Å². The Morgan fingerprint density at radius 3 is 2.83 bits per heavy atom. The van der Waals surface area contributed by atoms with Crippen LogP contribution in [0.5, 0.6) is 0 Å². The molecular weight excluding hydrogens is 402 g/mol. The molecule has 0 radical (unpaired) electrons. The monoisotopic (exact) mass is 423 g/mol. The van der Waals surface area contributed by atoms with Crippen molar-refractivity contribution in [3.05, 3.63) is 63.1 Å². The van der Waals surface area contributed by atoms with Crippen molar-refractivity contribution in [2.24, 2.45) is 0 Å². The fourth-order valence-corrected chi connectivity index (χ4v) is 5.95. The van der Waals surface area contributed by atoms with Crippen molar-refractivity contribution in [2.75, 3.05) is 19.3 Å². The minimum absolute atomic E-state index is 0.118. The minimum Gasteiger partial charge on any atom is -0.301 e. The van der Waals surface area contributed by atoms with Gasteiger partial charge in [0.25, 0.3) is 0 Å². The van der Waals surface area contributed by atoms with E-state index in [1.54, 1.807) is 23.1 Å². The molecule has 148 valence electrons. The summed E-state index contributed by atoms with van der Waals surface area (Å²) < 4.78 is 4.00. The Bertz CT molecular complexity index is 1300. The molecule has 0 aliphatic carbocycles. The molecule has 6 nitrogen and oxygen atoms in total. The van der Waals surface area contributed by atoms with Crippen LogP contribution in [0.2, 0.25) is 0 Å². The largest absolute Gasteiger partial charge is 0.301 e. The first-order valence-electron chi connectivity index (χ1n) is 9.50. The number of benzene rings is 1. The van der Waals surface area contributed by atoms with Crippen LogP contribution in [-0.2, 0) is 13.0 Å². The van der Waals surface area contributed by atoms with Crippen LogP contribution < -0.4 is 5.43 Å². The van der Waals surface area contributed by atoms with Gasteiger partial charge in [-0.3, -0.25) is 9.36 Å². The maximum atomic E-state index is 13.6. The smallest absolute Gasteiger partial charge is 0.242 e. The summed E-state index contributed by atoms with van der Waals surface area (Å²) in [5, 5.41) is 9.70. The number of imidazole rings is 1. The zero-order valence-electron chi connectivity index (χ0n) is 16.4. The topological polar surface area (TPSA) is 55.4 Å². The van der Waals surface area contributed by atoms with Gasteiger partial charge in [-0.25, -0.2) is 4.40 Å². The second-order valence-electron chi connectivity index (χ2n) is 7.51. The molecule has 5 rings (SSSR count). The third-order valence-corrected chi connectivity index (χ3v) is 7.46. The maximum Gasteiger partial charge on any atom is 0.242 e. The van der Waals surface area contributed by atoms with Gasteiger partial charge in [-0.05, 0) is 32.5 Å². The molecule has 0 saturated carbocycles. The van der Waals surface area contributed by atoms with E-state index in [9.17, 15) is 4.79 Å². The molecule has 8 heteroatoms. The van der Waals surface area contributed by atoms with E-state index < -0.39 is 0 Å². The van der Waals surface area contributed by atoms with Crippen molar-refractivity contribution in [2.45, 2.75) is 25.0 Å².